The molecule has 1 aromatic heterocycles. The van der Waals surface area contributed by atoms with Crippen molar-refractivity contribution in [3.63, 3.8) is 0 Å². The number of aryl methyl sites for hydroxylation is 2. The van der Waals surface area contributed by atoms with Gasteiger partial charge in [-0.05, 0) is 44.0 Å². The Morgan fingerprint density at radius 2 is 2.12 bits per heavy atom. The number of nitrogens with one attached hydrogen (secondary N) is 2. The molecule has 1 atom stereocenters. The lowest BCUT2D eigenvalue weighted by Crippen LogP contribution is -2.24. The second-order valence-corrected chi connectivity index (χ2v) is 6.37. The van der Waals surface area contributed by atoms with Gasteiger partial charge in [-0.15, -0.1) is 24.8 Å². The van der Waals surface area contributed by atoms with E-state index in [0.717, 1.165) is 43.7 Å². The zero-order valence-corrected chi connectivity index (χ0v) is 15.2. The molecule has 7 heteroatoms. The van der Waals surface area contributed by atoms with E-state index >= 15 is 0 Å². The van der Waals surface area contributed by atoms with E-state index in [1.807, 2.05) is 12.1 Å². The Labute approximate surface area is 154 Å². The van der Waals surface area contributed by atoms with E-state index in [2.05, 4.69) is 21.3 Å². The topological polar surface area (TPSA) is 59.0 Å². The molecule has 1 aromatic carbocycles. The summed E-state index contributed by atoms with van der Waals surface area (Å²) < 4.78 is 2.34. The monoisotopic (exact) mass is 370 g/mol. The quantitative estimate of drug-likeness (QED) is 0.853. The number of benzene rings is 1. The minimum absolute atomic E-state index is 0. The Balaban J connectivity index is 0.00000104. The molecule has 0 saturated carbocycles. The second-order valence-electron chi connectivity index (χ2n) is 6.37. The first-order valence-corrected chi connectivity index (χ1v) is 8.32. The van der Waals surface area contributed by atoms with E-state index in [1.54, 1.807) is 0 Å². The summed E-state index contributed by atoms with van der Waals surface area (Å²) in [5, 5.41) is 6.27. The molecule has 0 aliphatic carbocycles. The van der Waals surface area contributed by atoms with Gasteiger partial charge in [-0.3, -0.25) is 4.79 Å². The fraction of sp³-hybridized carbons (Fsp3) is 0.529. The predicted octanol–water partition coefficient (Wildman–Crippen LogP) is 3.15. The molecule has 1 unspecified atom stereocenters. The highest BCUT2D eigenvalue weighted by atomic mass is 35.5. The SMILES string of the molecule is Cl.Cl.O=C(Nc1ccc2c(c1)nc1n2CCCCC1)C1CCNC1. The van der Waals surface area contributed by atoms with Crippen LogP contribution >= 0.6 is 24.8 Å². The molecule has 4 rings (SSSR count). The smallest absolute Gasteiger partial charge is 0.228 e. The number of nitrogens with zero attached hydrogens (tertiary/aromatic N) is 2. The molecule has 5 nitrogen and oxygen atoms in total. The van der Waals surface area contributed by atoms with Crippen molar-refractivity contribution in [2.45, 2.75) is 38.6 Å². The van der Waals surface area contributed by atoms with Crippen molar-refractivity contribution in [2.24, 2.45) is 5.92 Å². The summed E-state index contributed by atoms with van der Waals surface area (Å²) in [5.74, 6) is 1.40. The van der Waals surface area contributed by atoms with Gasteiger partial charge >= 0.3 is 0 Å². The first-order valence-electron chi connectivity index (χ1n) is 8.32. The Kier molecular flexibility index (Phi) is 6.49. The molecule has 2 N–H and O–H groups in total. The van der Waals surface area contributed by atoms with Crippen molar-refractivity contribution in [1.29, 1.82) is 0 Å². The van der Waals surface area contributed by atoms with Crippen molar-refractivity contribution < 1.29 is 4.79 Å². The Morgan fingerprint density at radius 1 is 1.25 bits per heavy atom. The van der Waals surface area contributed by atoms with E-state index in [0.29, 0.717) is 0 Å². The van der Waals surface area contributed by atoms with Gasteiger partial charge in [0.2, 0.25) is 5.91 Å². The molecule has 0 spiro atoms. The van der Waals surface area contributed by atoms with Crippen molar-refractivity contribution in [1.82, 2.24) is 14.9 Å². The number of hydrogen-bond donors (Lipinski definition) is 2. The number of carbonyl (C=O) groups excluding carboxylic acids is 1. The molecular weight excluding hydrogens is 347 g/mol. The first-order chi connectivity index (χ1) is 10.8. The number of halogens is 2. The van der Waals surface area contributed by atoms with Crippen LogP contribution in [-0.2, 0) is 17.8 Å². The van der Waals surface area contributed by atoms with Crippen LogP contribution in [0.4, 0.5) is 5.69 Å². The molecule has 1 fully saturated rings. The van der Waals surface area contributed by atoms with E-state index in [1.165, 1.54) is 30.6 Å². The Morgan fingerprint density at radius 3 is 2.92 bits per heavy atom. The van der Waals surface area contributed by atoms with Crippen LogP contribution in [-0.4, -0.2) is 28.5 Å². The highest BCUT2D eigenvalue weighted by Gasteiger charge is 2.22. The van der Waals surface area contributed by atoms with Crippen LogP contribution in [0.15, 0.2) is 18.2 Å². The number of fused-ring (bicyclic) bond motifs is 3. The fourth-order valence-corrected chi connectivity index (χ4v) is 3.55. The van der Waals surface area contributed by atoms with Gasteiger partial charge in [0.25, 0.3) is 0 Å². The minimum atomic E-state index is 0. The molecule has 0 radical (unpaired) electrons. The summed E-state index contributed by atoms with van der Waals surface area (Å²) >= 11 is 0. The molecule has 2 aliphatic rings. The van der Waals surface area contributed by atoms with Gasteiger partial charge in [-0.25, -0.2) is 4.98 Å². The van der Waals surface area contributed by atoms with Gasteiger partial charge < -0.3 is 15.2 Å². The van der Waals surface area contributed by atoms with Crippen LogP contribution in [0.25, 0.3) is 11.0 Å². The van der Waals surface area contributed by atoms with Crippen molar-refractivity contribution in [2.75, 3.05) is 18.4 Å². The van der Waals surface area contributed by atoms with Gasteiger partial charge in [-0.2, -0.15) is 0 Å². The molecule has 2 aliphatic heterocycles. The summed E-state index contributed by atoms with van der Waals surface area (Å²) in [7, 11) is 0. The van der Waals surface area contributed by atoms with Crippen molar-refractivity contribution in [3.8, 4) is 0 Å². The fourth-order valence-electron chi connectivity index (χ4n) is 3.55. The lowest BCUT2D eigenvalue weighted by molar-refractivity contribution is -0.119. The average molecular weight is 371 g/mol. The molecule has 0 bridgehead atoms. The summed E-state index contributed by atoms with van der Waals surface area (Å²) in [5.41, 5.74) is 3.05. The van der Waals surface area contributed by atoms with Crippen molar-refractivity contribution >= 4 is 47.4 Å². The van der Waals surface area contributed by atoms with E-state index < -0.39 is 0 Å². The van der Waals surface area contributed by atoms with Crippen LogP contribution in [0.1, 0.15) is 31.5 Å². The third kappa shape index (κ3) is 3.68. The van der Waals surface area contributed by atoms with Crippen LogP contribution in [0.2, 0.25) is 0 Å². The normalized spacial score (nSPS) is 19.8. The molecule has 3 heterocycles. The highest BCUT2D eigenvalue weighted by molar-refractivity contribution is 5.94. The first kappa shape index (κ1) is 19.0. The number of carbonyl (C=O) groups is 1. The standard InChI is InChI=1S/C17H22N4O.2ClH/c22-17(12-7-8-18-11-12)19-13-5-6-15-14(10-13)20-16-4-2-1-3-9-21(15)16;;/h5-6,10,12,18H,1-4,7-9,11H2,(H,19,22);2*1H. The second kappa shape index (κ2) is 8.19. The molecular formula is C17H24Cl2N4O. The lowest BCUT2D eigenvalue weighted by atomic mass is 10.1. The predicted molar refractivity (Wildman–Crippen MR) is 101 cm³/mol. The van der Waals surface area contributed by atoms with Crippen LogP contribution in [0, 0.1) is 5.92 Å². The van der Waals surface area contributed by atoms with E-state index in [9.17, 15) is 4.79 Å². The molecule has 2 aromatic rings. The van der Waals surface area contributed by atoms with Gasteiger partial charge in [0.15, 0.2) is 0 Å². The molecule has 1 saturated heterocycles. The average Bonchev–Trinajstić information content (AvgIpc) is 3.10. The zero-order valence-electron chi connectivity index (χ0n) is 13.6. The highest BCUT2D eigenvalue weighted by Crippen LogP contribution is 2.25. The molecule has 24 heavy (non-hydrogen) atoms. The van der Waals surface area contributed by atoms with Gasteiger partial charge in [0, 0.05) is 25.2 Å². The maximum Gasteiger partial charge on any atom is 0.228 e. The molecule has 132 valence electrons. The third-order valence-corrected chi connectivity index (χ3v) is 4.81. The van der Waals surface area contributed by atoms with Crippen LogP contribution < -0.4 is 10.6 Å². The van der Waals surface area contributed by atoms with Gasteiger partial charge in [0.05, 0.1) is 17.0 Å². The number of hydrogen-bond acceptors (Lipinski definition) is 3. The summed E-state index contributed by atoms with van der Waals surface area (Å²) in [6.07, 6.45) is 5.72. The van der Waals surface area contributed by atoms with Gasteiger partial charge in [0.1, 0.15) is 5.82 Å². The number of aromatic nitrogens is 2. The van der Waals surface area contributed by atoms with Crippen molar-refractivity contribution in [3.05, 3.63) is 24.0 Å². The maximum atomic E-state index is 12.2. The van der Waals surface area contributed by atoms with Crippen LogP contribution in [0.3, 0.4) is 0 Å². The number of imidazole rings is 1. The van der Waals surface area contributed by atoms with Crippen LogP contribution in [0.5, 0.6) is 0 Å². The minimum Gasteiger partial charge on any atom is -0.328 e. The number of rotatable bonds is 2. The number of anilines is 1. The Bertz CT molecular complexity index is 710. The van der Waals surface area contributed by atoms with E-state index in [-0.39, 0.29) is 36.6 Å². The molecule has 1 amide bonds. The largest absolute Gasteiger partial charge is 0.328 e. The third-order valence-electron chi connectivity index (χ3n) is 4.81. The summed E-state index contributed by atoms with van der Waals surface area (Å²) in [4.78, 5) is 17.0. The Hall–Kier alpha value is -1.30. The lowest BCUT2D eigenvalue weighted by Gasteiger charge is -2.10. The maximum absolute atomic E-state index is 12.2. The summed E-state index contributed by atoms with van der Waals surface area (Å²) in [6.45, 7) is 2.78. The van der Waals surface area contributed by atoms with E-state index in [4.69, 9.17) is 4.98 Å². The zero-order chi connectivity index (χ0) is 14.9. The summed E-state index contributed by atoms with van der Waals surface area (Å²) in [6, 6.07) is 6.11. The number of amides is 1. The van der Waals surface area contributed by atoms with Gasteiger partial charge in [-0.1, -0.05) is 6.42 Å².